The van der Waals surface area contributed by atoms with E-state index >= 15 is 0 Å². The molecule has 0 saturated carbocycles. The number of pyridine rings is 2. The summed E-state index contributed by atoms with van der Waals surface area (Å²) in [6, 6.07) is 54.9. The molecule has 1 N–H and O–H groups in total. The first kappa shape index (κ1) is 34.3. The Bertz CT molecular complexity index is 2640. The molecule has 8 aromatic rings. The number of hydrogen-bond acceptors (Lipinski definition) is 4. The zero-order valence-electron chi connectivity index (χ0n) is 29.5. The Balaban J connectivity index is 0.00000400. The maximum atomic E-state index is 10.7. The van der Waals surface area contributed by atoms with Gasteiger partial charge in [0.1, 0.15) is 17.3 Å². The van der Waals surface area contributed by atoms with E-state index < -0.39 is 0 Å². The third-order valence-electron chi connectivity index (χ3n) is 10.2. The zero-order chi connectivity index (χ0) is 35.4. The van der Waals surface area contributed by atoms with Crippen LogP contribution in [0, 0.1) is 13.0 Å². The first-order valence-corrected chi connectivity index (χ1v) is 17.5. The monoisotopic (exact) mass is 866 g/mol. The van der Waals surface area contributed by atoms with Crippen LogP contribution in [-0.4, -0.2) is 15.1 Å². The molecule has 1 aliphatic rings. The normalized spacial score (nSPS) is 12.5. The number of para-hydroxylation sites is 1. The summed E-state index contributed by atoms with van der Waals surface area (Å²) in [7, 11) is 0. The van der Waals surface area contributed by atoms with Crippen LogP contribution in [0.15, 0.2) is 156 Å². The average molecular weight is 867 g/mol. The molecule has 5 heteroatoms. The standard InChI is InChI=1S/C48H35N2O2.Pt/c1-30-24-36(47-23-22-46(52-47)34-20-21-38-37-16-7-9-18-40(37)48(2,3)41(38)26-34)29-42(49-30)32-14-11-15-33(25-32)43-27-35(31-12-5-4-6-13-31)28-44(50-43)39-17-8-10-19-45(39)51;/h4-24,26-29,51H,1-3H3;/q-1;. The van der Waals surface area contributed by atoms with Crippen molar-refractivity contribution in [3.05, 3.63) is 175 Å². The van der Waals surface area contributed by atoms with Gasteiger partial charge >= 0.3 is 0 Å². The van der Waals surface area contributed by atoms with Crippen molar-refractivity contribution in [2.45, 2.75) is 26.2 Å². The third-order valence-corrected chi connectivity index (χ3v) is 10.2. The van der Waals surface area contributed by atoms with Crippen LogP contribution in [0.3, 0.4) is 0 Å². The minimum Gasteiger partial charge on any atom is -0.507 e. The van der Waals surface area contributed by atoms with E-state index in [-0.39, 0.29) is 32.2 Å². The molecule has 0 spiro atoms. The molecule has 9 rings (SSSR count). The zero-order valence-corrected chi connectivity index (χ0v) is 31.8. The van der Waals surface area contributed by atoms with Gasteiger partial charge in [0.15, 0.2) is 0 Å². The van der Waals surface area contributed by atoms with Gasteiger partial charge in [-0.25, -0.2) is 0 Å². The van der Waals surface area contributed by atoms with Gasteiger partial charge in [-0.3, -0.25) is 9.97 Å². The number of aryl methyl sites for hydroxylation is 1. The van der Waals surface area contributed by atoms with Crippen molar-refractivity contribution in [1.82, 2.24) is 9.97 Å². The molecule has 0 aliphatic heterocycles. The van der Waals surface area contributed by atoms with Gasteiger partial charge < -0.3 is 9.52 Å². The number of benzene rings is 5. The Hall–Kier alpha value is -5.83. The van der Waals surface area contributed by atoms with E-state index in [0.717, 1.165) is 62.0 Å². The Morgan fingerprint density at radius 2 is 1.13 bits per heavy atom. The summed E-state index contributed by atoms with van der Waals surface area (Å²) in [5.74, 6) is 1.80. The van der Waals surface area contributed by atoms with Crippen LogP contribution in [0.2, 0.25) is 0 Å². The predicted octanol–water partition coefficient (Wildman–Crippen LogP) is 12.2. The molecule has 0 saturated heterocycles. The molecular weight excluding hydrogens is 832 g/mol. The topological polar surface area (TPSA) is 59.2 Å². The number of hydrogen-bond donors (Lipinski definition) is 1. The quantitative estimate of drug-likeness (QED) is 0.169. The first-order chi connectivity index (χ1) is 25.3. The van der Waals surface area contributed by atoms with Crippen LogP contribution in [0.25, 0.3) is 78.7 Å². The van der Waals surface area contributed by atoms with Gasteiger partial charge in [-0.2, -0.15) is 0 Å². The van der Waals surface area contributed by atoms with Gasteiger partial charge in [-0.15, -0.1) is 24.3 Å². The molecule has 0 unspecified atom stereocenters. The number of furan rings is 1. The first-order valence-electron chi connectivity index (χ1n) is 17.5. The summed E-state index contributed by atoms with van der Waals surface area (Å²) in [6.07, 6.45) is 0. The molecule has 0 atom stereocenters. The maximum absolute atomic E-state index is 10.7. The second-order valence-corrected chi connectivity index (χ2v) is 14.0. The second kappa shape index (κ2) is 13.6. The van der Waals surface area contributed by atoms with Crippen LogP contribution in [-0.2, 0) is 26.5 Å². The molecule has 0 radical (unpaired) electrons. The number of phenols is 1. The summed E-state index contributed by atoms with van der Waals surface area (Å²) in [4.78, 5) is 9.94. The second-order valence-electron chi connectivity index (χ2n) is 14.0. The van der Waals surface area contributed by atoms with Crippen molar-refractivity contribution in [1.29, 1.82) is 0 Å². The third kappa shape index (κ3) is 6.24. The Morgan fingerprint density at radius 3 is 1.91 bits per heavy atom. The largest absolute Gasteiger partial charge is 0.507 e. The summed E-state index contributed by atoms with van der Waals surface area (Å²) in [6.45, 7) is 6.60. The Morgan fingerprint density at radius 1 is 0.509 bits per heavy atom. The van der Waals surface area contributed by atoms with E-state index in [0.29, 0.717) is 11.3 Å². The van der Waals surface area contributed by atoms with Crippen LogP contribution in [0.1, 0.15) is 30.7 Å². The molecule has 5 aromatic carbocycles. The van der Waals surface area contributed by atoms with Crippen LogP contribution < -0.4 is 0 Å². The van der Waals surface area contributed by atoms with E-state index in [9.17, 15) is 5.11 Å². The van der Waals surface area contributed by atoms with Crippen LogP contribution in [0.5, 0.6) is 5.75 Å². The number of nitrogens with zero attached hydrogens (tertiary/aromatic N) is 2. The summed E-state index contributed by atoms with van der Waals surface area (Å²) in [5.41, 5.74) is 14.8. The number of fused-ring (bicyclic) bond motifs is 3. The Labute approximate surface area is 324 Å². The predicted molar refractivity (Wildman–Crippen MR) is 210 cm³/mol. The van der Waals surface area contributed by atoms with Crippen LogP contribution >= 0.6 is 0 Å². The van der Waals surface area contributed by atoms with Crippen molar-refractivity contribution in [3.63, 3.8) is 0 Å². The molecule has 0 amide bonds. The molecule has 3 aromatic heterocycles. The van der Waals surface area contributed by atoms with Gasteiger partial charge in [0.05, 0.1) is 5.69 Å². The fourth-order valence-corrected chi connectivity index (χ4v) is 7.52. The van der Waals surface area contributed by atoms with Crippen molar-refractivity contribution >= 4 is 0 Å². The molecule has 3 heterocycles. The number of aromatic hydroxyl groups is 1. The molecule has 1 aliphatic carbocycles. The van der Waals surface area contributed by atoms with Crippen molar-refractivity contribution in [2.24, 2.45) is 0 Å². The van der Waals surface area contributed by atoms with Gasteiger partial charge in [0, 0.05) is 60.3 Å². The van der Waals surface area contributed by atoms with E-state index in [4.69, 9.17) is 14.4 Å². The van der Waals surface area contributed by atoms with Crippen molar-refractivity contribution in [3.8, 4) is 84.4 Å². The van der Waals surface area contributed by atoms with Gasteiger partial charge in [0.2, 0.25) is 0 Å². The number of aromatic nitrogens is 2. The SMILES string of the molecule is Cc1cc(-c2ccc(-c3ccc4c(c3)C(C)(C)c3ccccc3-4)o2)cc(-c2[c-]c(-c3cc(-c4ccccc4)cc(-c4ccccc4O)n3)ccc2)n1.[Pt]. The molecule has 0 fully saturated rings. The van der Waals surface area contributed by atoms with Crippen molar-refractivity contribution in [2.75, 3.05) is 0 Å². The van der Waals surface area contributed by atoms with Crippen molar-refractivity contribution < 1.29 is 30.6 Å². The maximum Gasteiger partial charge on any atom is 0.134 e. The molecule has 260 valence electrons. The molecule has 0 bridgehead atoms. The minimum absolute atomic E-state index is 0. The number of rotatable bonds is 6. The van der Waals surface area contributed by atoms with Gasteiger partial charge in [0.25, 0.3) is 0 Å². The minimum atomic E-state index is -0.0806. The Kier molecular flexibility index (Phi) is 8.80. The summed E-state index contributed by atoms with van der Waals surface area (Å²) in [5, 5.41) is 10.7. The molecular formula is C48H35N2O2Pt-. The fourth-order valence-electron chi connectivity index (χ4n) is 7.52. The van der Waals surface area contributed by atoms with Gasteiger partial charge in [-0.1, -0.05) is 116 Å². The van der Waals surface area contributed by atoms with Crippen LogP contribution in [0.4, 0.5) is 0 Å². The van der Waals surface area contributed by atoms with E-state index in [1.807, 2.05) is 73.7 Å². The summed E-state index contributed by atoms with van der Waals surface area (Å²) < 4.78 is 6.55. The number of phenolic OH excluding ortho intramolecular Hbond substituents is 1. The van der Waals surface area contributed by atoms with E-state index in [1.165, 1.54) is 22.3 Å². The van der Waals surface area contributed by atoms with E-state index in [1.54, 1.807) is 6.07 Å². The smallest absolute Gasteiger partial charge is 0.134 e. The molecule has 4 nitrogen and oxygen atoms in total. The summed E-state index contributed by atoms with van der Waals surface area (Å²) >= 11 is 0. The average Bonchev–Trinajstić information content (AvgIpc) is 3.76. The fraction of sp³-hybridized carbons (Fsp3) is 0.0833. The van der Waals surface area contributed by atoms with Gasteiger partial charge in [-0.05, 0) is 82.8 Å². The molecule has 53 heavy (non-hydrogen) atoms. The van der Waals surface area contributed by atoms with E-state index in [2.05, 4.69) is 98.8 Å².